The number of benzene rings is 2. The maximum absolute atomic E-state index is 11.9. The molecule has 0 aliphatic heterocycles. The molecule has 0 aliphatic carbocycles. The molecule has 0 aliphatic rings. The van der Waals surface area contributed by atoms with Gasteiger partial charge in [0.15, 0.2) is 0 Å². The standard InChI is InChI=1S/C19H21N3O/c1-19(2,3)16-8-10-17(11-9-16)22-18(23)21-13-15-6-4-14(12-20)5-7-15/h4-11H,13H2,1-3H3,(H2,21,22,23). The smallest absolute Gasteiger partial charge is 0.319 e. The molecule has 2 aromatic rings. The molecule has 2 N–H and O–H groups in total. The number of nitrogens with one attached hydrogen (secondary N) is 2. The zero-order valence-corrected chi connectivity index (χ0v) is 13.7. The van der Waals surface area contributed by atoms with E-state index in [2.05, 4.69) is 37.5 Å². The van der Waals surface area contributed by atoms with Gasteiger partial charge >= 0.3 is 6.03 Å². The minimum atomic E-state index is -0.252. The Morgan fingerprint density at radius 1 is 1.04 bits per heavy atom. The first-order valence-electron chi connectivity index (χ1n) is 7.53. The van der Waals surface area contributed by atoms with Crippen molar-refractivity contribution in [2.75, 3.05) is 5.32 Å². The number of nitrogens with zero attached hydrogens (tertiary/aromatic N) is 1. The second-order valence-corrected chi connectivity index (χ2v) is 6.44. The van der Waals surface area contributed by atoms with Gasteiger partial charge in [0.1, 0.15) is 0 Å². The van der Waals surface area contributed by atoms with Crippen LogP contribution in [-0.4, -0.2) is 6.03 Å². The molecule has 0 spiro atoms. The van der Waals surface area contributed by atoms with Crippen LogP contribution in [-0.2, 0) is 12.0 Å². The van der Waals surface area contributed by atoms with Crippen LogP contribution in [0.1, 0.15) is 37.5 Å². The van der Waals surface area contributed by atoms with Crippen molar-refractivity contribution in [1.29, 1.82) is 5.26 Å². The van der Waals surface area contributed by atoms with E-state index in [0.717, 1.165) is 11.3 Å². The van der Waals surface area contributed by atoms with Crippen molar-refractivity contribution in [3.05, 3.63) is 65.2 Å². The second kappa shape index (κ2) is 6.97. The lowest BCUT2D eigenvalue weighted by molar-refractivity contribution is 0.251. The summed E-state index contributed by atoms with van der Waals surface area (Å²) in [5, 5.41) is 14.4. The van der Waals surface area contributed by atoms with Gasteiger partial charge in [-0.25, -0.2) is 4.79 Å². The molecule has 4 nitrogen and oxygen atoms in total. The lowest BCUT2D eigenvalue weighted by Gasteiger charge is -2.19. The van der Waals surface area contributed by atoms with Crippen LogP contribution in [0.5, 0.6) is 0 Å². The maximum Gasteiger partial charge on any atom is 0.319 e. The van der Waals surface area contributed by atoms with Gasteiger partial charge in [-0.05, 0) is 40.8 Å². The van der Waals surface area contributed by atoms with Crippen LogP contribution in [0.4, 0.5) is 10.5 Å². The van der Waals surface area contributed by atoms with Crippen molar-refractivity contribution in [2.45, 2.75) is 32.7 Å². The predicted octanol–water partition coefficient (Wildman–Crippen LogP) is 4.18. The Hall–Kier alpha value is -2.80. The van der Waals surface area contributed by atoms with Gasteiger partial charge in [-0.1, -0.05) is 45.0 Å². The number of rotatable bonds is 3. The fourth-order valence-corrected chi connectivity index (χ4v) is 2.11. The summed E-state index contributed by atoms with van der Waals surface area (Å²) < 4.78 is 0. The first-order valence-corrected chi connectivity index (χ1v) is 7.53. The summed E-state index contributed by atoms with van der Waals surface area (Å²) in [4.78, 5) is 11.9. The van der Waals surface area contributed by atoms with Gasteiger partial charge in [0, 0.05) is 12.2 Å². The zero-order valence-electron chi connectivity index (χ0n) is 13.7. The fourth-order valence-electron chi connectivity index (χ4n) is 2.11. The lowest BCUT2D eigenvalue weighted by atomic mass is 9.87. The summed E-state index contributed by atoms with van der Waals surface area (Å²) >= 11 is 0. The summed E-state index contributed by atoms with van der Waals surface area (Å²) in [6.07, 6.45) is 0. The highest BCUT2D eigenvalue weighted by atomic mass is 16.2. The third-order valence-corrected chi connectivity index (χ3v) is 3.54. The second-order valence-electron chi connectivity index (χ2n) is 6.44. The molecule has 2 rings (SSSR count). The largest absolute Gasteiger partial charge is 0.334 e. The molecule has 4 heteroatoms. The third-order valence-electron chi connectivity index (χ3n) is 3.54. The summed E-state index contributed by atoms with van der Waals surface area (Å²) in [5.41, 5.74) is 3.63. The molecule has 0 aromatic heterocycles. The highest BCUT2D eigenvalue weighted by Gasteiger charge is 2.13. The Morgan fingerprint density at radius 2 is 1.65 bits per heavy atom. The number of carbonyl (C=O) groups is 1. The summed E-state index contributed by atoms with van der Waals surface area (Å²) in [5.74, 6) is 0. The van der Waals surface area contributed by atoms with E-state index < -0.39 is 0 Å². The first-order chi connectivity index (χ1) is 10.9. The fraction of sp³-hybridized carbons (Fsp3) is 0.263. The van der Waals surface area contributed by atoms with Crippen molar-refractivity contribution in [2.24, 2.45) is 0 Å². The highest BCUT2D eigenvalue weighted by molar-refractivity contribution is 5.89. The number of hydrogen-bond donors (Lipinski definition) is 2. The normalized spacial score (nSPS) is 10.7. The Bertz CT molecular complexity index is 704. The number of amides is 2. The minimum Gasteiger partial charge on any atom is -0.334 e. The Labute approximate surface area is 137 Å². The molecule has 2 aromatic carbocycles. The molecule has 0 unspecified atom stereocenters. The van der Waals surface area contributed by atoms with Gasteiger partial charge in [-0.3, -0.25) is 0 Å². The van der Waals surface area contributed by atoms with Crippen LogP contribution < -0.4 is 10.6 Å². The van der Waals surface area contributed by atoms with Crippen molar-refractivity contribution in [3.8, 4) is 6.07 Å². The molecule has 2 amide bonds. The van der Waals surface area contributed by atoms with Crippen molar-refractivity contribution >= 4 is 11.7 Å². The molecule has 0 atom stereocenters. The van der Waals surface area contributed by atoms with E-state index in [4.69, 9.17) is 5.26 Å². The topological polar surface area (TPSA) is 64.9 Å². The number of anilines is 1. The summed E-state index contributed by atoms with van der Waals surface area (Å²) in [6.45, 7) is 6.87. The Morgan fingerprint density at radius 3 is 2.17 bits per heavy atom. The van der Waals surface area contributed by atoms with E-state index >= 15 is 0 Å². The monoisotopic (exact) mass is 307 g/mol. The van der Waals surface area contributed by atoms with E-state index in [1.54, 1.807) is 12.1 Å². The number of nitriles is 1. The van der Waals surface area contributed by atoms with Crippen LogP contribution in [0.2, 0.25) is 0 Å². The molecule has 0 saturated heterocycles. The molecule has 0 fully saturated rings. The van der Waals surface area contributed by atoms with Crippen molar-refractivity contribution < 1.29 is 4.79 Å². The molecule has 0 saturated carbocycles. The number of carbonyl (C=O) groups excluding carboxylic acids is 1. The van der Waals surface area contributed by atoms with Gasteiger partial charge in [0.25, 0.3) is 0 Å². The van der Waals surface area contributed by atoms with Gasteiger partial charge in [-0.2, -0.15) is 5.26 Å². The zero-order chi connectivity index (χ0) is 16.9. The Kier molecular flexibility index (Phi) is 5.02. The van der Waals surface area contributed by atoms with Crippen LogP contribution in [0.15, 0.2) is 48.5 Å². The van der Waals surface area contributed by atoms with Crippen LogP contribution in [0.3, 0.4) is 0 Å². The number of hydrogen-bond acceptors (Lipinski definition) is 2. The average molecular weight is 307 g/mol. The van der Waals surface area contributed by atoms with Crippen LogP contribution in [0.25, 0.3) is 0 Å². The van der Waals surface area contributed by atoms with E-state index in [-0.39, 0.29) is 11.4 Å². The maximum atomic E-state index is 11.9. The van der Waals surface area contributed by atoms with E-state index in [1.165, 1.54) is 5.56 Å². The third kappa shape index (κ3) is 4.86. The van der Waals surface area contributed by atoms with Crippen LogP contribution in [0, 0.1) is 11.3 Å². The summed E-state index contributed by atoms with van der Waals surface area (Å²) in [6, 6.07) is 16.8. The van der Waals surface area contributed by atoms with Crippen LogP contribution >= 0.6 is 0 Å². The van der Waals surface area contributed by atoms with Gasteiger partial charge in [0.2, 0.25) is 0 Å². The number of urea groups is 1. The molecular weight excluding hydrogens is 286 g/mol. The lowest BCUT2D eigenvalue weighted by Crippen LogP contribution is -2.28. The quantitative estimate of drug-likeness (QED) is 0.893. The highest BCUT2D eigenvalue weighted by Crippen LogP contribution is 2.23. The predicted molar refractivity (Wildman–Crippen MR) is 92.2 cm³/mol. The molecule has 0 radical (unpaired) electrons. The molecular formula is C19H21N3O. The Balaban J connectivity index is 1.88. The molecule has 0 bridgehead atoms. The van der Waals surface area contributed by atoms with E-state index in [1.807, 2.05) is 36.4 Å². The van der Waals surface area contributed by atoms with E-state index in [9.17, 15) is 4.79 Å². The van der Waals surface area contributed by atoms with Gasteiger partial charge < -0.3 is 10.6 Å². The van der Waals surface area contributed by atoms with Crippen molar-refractivity contribution in [1.82, 2.24) is 5.32 Å². The SMILES string of the molecule is CC(C)(C)c1ccc(NC(=O)NCc2ccc(C#N)cc2)cc1. The van der Waals surface area contributed by atoms with Gasteiger partial charge in [-0.15, -0.1) is 0 Å². The van der Waals surface area contributed by atoms with E-state index in [0.29, 0.717) is 12.1 Å². The van der Waals surface area contributed by atoms with Crippen molar-refractivity contribution in [3.63, 3.8) is 0 Å². The summed E-state index contributed by atoms with van der Waals surface area (Å²) in [7, 11) is 0. The van der Waals surface area contributed by atoms with Gasteiger partial charge in [0.05, 0.1) is 11.6 Å². The molecule has 118 valence electrons. The molecule has 0 heterocycles. The molecule has 23 heavy (non-hydrogen) atoms. The first kappa shape index (κ1) is 16.6. The minimum absolute atomic E-state index is 0.0936. The average Bonchev–Trinajstić information content (AvgIpc) is 2.53.